The van der Waals surface area contributed by atoms with Crippen LogP contribution in [-0.4, -0.2) is 70.4 Å². The minimum atomic E-state index is -1.85. The molecule has 2 saturated heterocycles. The van der Waals surface area contributed by atoms with E-state index in [1.54, 1.807) is 78.9 Å². The SMILES string of the molecule is C[C@@]1(C(=O)N[C@@H](Cc2ccccc2)C(=O)N2CCC[C@H]2C(=O)N[C@@H](Cc2ccccc2)C(=O)N([N+]=O)c2ccccc2)NC(=O)CCC1=O. The molecule has 5 rings (SSSR count). The number of Topliss-reactive ketones (excluding diaryl/α,β-unsaturated/α-hetero) is 1. The number of nitrogens with zero attached hydrogens (tertiary/aromatic N) is 3. The standard InChI is InChI=1S/C36H38N6O7/c1-36(30(43)19-20-31(44)39-36)35(48)38-27(22-24-12-5-2-6-13-24)33(46)41-21-11-18-29(41)32(45)37-28(23-25-14-7-3-8-15-25)34(47)42(40-49)26-16-9-4-10-17-26/h2-10,12-17,27-29H,11,18-23H2,1H3,(H,37,45)(H,38,48)(H,39,44)/q+1/t27-,28-,29-,36+/m0/s1. The highest BCUT2D eigenvalue weighted by molar-refractivity contribution is 6.15. The van der Waals surface area contributed by atoms with E-state index in [2.05, 4.69) is 21.2 Å². The summed E-state index contributed by atoms with van der Waals surface area (Å²) < 4.78 is 0. The van der Waals surface area contributed by atoms with Gasteiger partial charge in [-0.15, -0.1) is 0 Å². The van der Waals surface area contributed by atoms with E-state index in [9.17, 15) is 33.7 Å². The van der Waals surface area contributed by atoms with Crippen molar-refractivity contribution in [3.8, 4) is 0 Å². The molecule has 2 heterocycles. The van der Waals surface area contributed by atoms with Crippen LogP contribution in [0.15, 0.2) is 91.0 Å². The summed E-state index contributed by atoms with van der Waals surface area (Å²) in [5.74, 6) is -3.66. The van der Waals surface area contributed by atoms with Crippen molar-refractivity contribution in [3.63, 3.8) is 0 Å². The molecule has 0 saturated carbocycles. The molecule has 1 radical (unpaired) electrons. The number of hydrogen-bond donors (Lipinski definition) is 3. The first-order valence-corrected chi connectivity index (χ1v) is 16.2. The van der Waals surface area contributed by atoms with Gasteiger partial charge in [0.15, 0.2) is 11.3 Å². The second-order valence-electron chi connectivity index (χ2n) is 12.3. The molecule has 13 heteroatoms. The Balaban J connectivity index is 1.38. The molecule has 0 unspecified atom stereocenters. The highest BCUT2D eigenvalue weighted by atomic mass is 16.3. The molecule has 49 heavy (non-hydrogen) atoms. The molecular weight excluding hydrogens is 628 g/mol. The van der Waals surface area contributed by atoms with Gasteiger partial charge in [0.2, 0.25) is 17.7 Å². The second-order valence-corrected chi connectivity index (χ2v) is 12.3. The van der Waals surface area contributed by atoms with E-state index in [1.165, 1.54) is 11.8 Å². The number of benzene rings is 3. The van der Waals surface area contributed by atoms with E-state index in [4.69, 9.17) is 0 Å². The van der Waals surface area contributed by atoms with E-state index < -0.39 is 59.0 Å². The van der Waals surface area contributed by atoms with Crippen LogP contribution >= 0.6 is 0 Å². The maximum absolute atomic E-state index is 14.2. The summed E-state index contributed by atoms with van der Waals surface area (Å²) in [6.07, 6.45) is 0.739. The van der Waals surface area contributed by atoms with Crippen LogP contribution in [0, 0.1) is 4.91 Å². The van der Waals surface area contributed by atoms with Gasteiger partial charge in [0.1, 0.15) is 28.7 Å². The number of likely N-dealkylation sites (tertiary alicyclic amines) is 1. The minimum absolute atomic E-state index is 0.0293. The minimum Gasteiger partial charge on any atom is -0.342 e. The normalized spacial score (nSPS) is 20.0. The first kappa shape index (κ1) is 34.6. The van der Waals surface area contributed by atoms with Gasteiger partial charge in [0.25, 0.3) is 5.91 Å². The number of amides is 5. The van der Waals surface area contributed by atoms with Crippen molar-refractivity contribution in [2.75, 3.05) is 11.6 Å². The highest BCUT2D eigenvalue weighted by Gasteiger charge is 2.47. The summed E-state index contributed by atoms with van der Waals surface area (Å²) in [4.78, 5) is 93.6. The third-order valence-corrected chi connectivity index (χ3v) is 8.89. The van der Waals surface area contributed by atoms with Gasteiger partial charge in [-0.05, 0) is 43.0 Å². The van der Waals surface area contributed by atoms with Crippen molar-refractivity contribution < 1.29 is 28.8 Å². The zero-order chi connectivity index (χ0) is 35.0. The predicted molar refractivity (Wildman–Crippen MR) is 179 cm³/mol. The number of para-hydroxylation sites is 1. The second kappa shape index (κ2) is 15.5. The maximum Gasteiger partial charge on any atom is 0.494 e. The van der Waals surface area contributed by atoms with Crippen LogP contribution in [0.3, 0.4) is 0 Å². The average molecular weight is 667 g/mol. The predicted octanol–water partition coefficient (Wildman–Crippen LogP) is 1.72. The number of nitrogens with one attached hydrogen (secondary N) is 3. The van der Waals surface area contributed by atoms with Crippen molar-refractivity contribution in [2.45, 2.75) is 69.1 Å². The Kier molecular flexibility index (Phi) is 10.9. The number of hydrogen-bond acceptors (Lipinski definition) is 8. The molecule has 0 bridgehead atoms. The van der Waals surface area contributed by atoms with Gasteiger partial charge in [-0.1, -0.05) is 78.9 Å². The van der Waals surface area contributed by atoms with Gasteiger partial charge in [0.05, 0.1) is 0 Å². The lowest BCUT2D eigenvalue weighted by Gasteiger charge is -2.34. The fourth-order valence-corrected chi connectivity index (χ4v) is 6.18. The number of anilines is 1. The smallest absolute Gasteiger partial charge is 0.342 e. The molecular formula is C36H38N6O7+. The first-order valence-electron chi connectivity index (χ1n) is 16.2. The molecule has 4 atom stereocenters. The van der Waals surface area contributed by atoms with Crippen LogP contribution in [0.5, 0.6) is 0 Å². The van der Waals surface area contributed by atoms with Crippen molar-refractivity contribution in [2.24, 2.45) is 0 Å². The summed E-state index contributed by atoms with van der Waals surface area (Å²) in [5, 5.41) is 11.6. The van der Waals surface area contributed by atoms with Gasteiger partial charge in [-0.3, -0.25) is 28.8 Å². The summed E-state index contributed by atoms with van der Waals surface area (Å²) in [6, 6.07) is 22.7. The fraction of sp³-hybridized carbons (Fsp3) is 0.333. The lowest BCUT2D eigenvalue weighted by molar-refractivity contribution is -0.147. The van der Waals surface area contributed by atoms with Crippen LogP contribution in [0.4, 0.5) is 5.69 Å². The molecule has 5 amide bonds. The molecule has 3 aromatic rings. The molecule has 3 aromatic carbocycles. The Morgan fingerprint density at radius 1 is 0.857 bits per heavy atom. The number of carbonyl (C=O) groups excluding carboxylic acids is 6. The monoisotopic (exact) mass is 666 g/mol. The van der Waals surface area contributed by atoms with Crippen molar-refractivity contribution in [1.29, 1.82) is 0 Å². The van der Waals surface area contributed by atoms with Gasteiger partial charge in [-0.2, -0.15) is 0 Å². The Labute approximate surface area is 283 Å². The van der Waals surface area contributed by atoms with E-state index in [-0.39, 0.29) is 44.3 Å². The first-order chi connectivity index (χ1) is 23.6. The van der Waals surface area contributed by atoms with Crippen LogP contribution in [0.25, 0.3) is 0 Å². The largest absolute Gasteiger partial charge is 0.494 e. The molecule has 2 aliphatic heterocycles. The van der Waals surface area contributed by atoms with Crippen LogP contribution in [0.1, 0.15) is 43.7 Å². The Hall–Kier alpha value is -5.72. The third kappa shape index (κ3) is 8.06. The van der Waals surface area contributed by atoms with Gasteiger partial charge < -0.3 is 20.9 Å². The molecule has 0 aromatic heterocycles. The average Bonchev–Trinajstić information content (AvgIpc) is 3.61. The number of nitroso groups, excluding NO2 is 1. The Morgan fingerprint density at radius 3 is 2.02 bits per heavy atom. The zero-order valence-electron chi connectivity index (χ0n) is 27.0. The molecule has 253 valence electrons. The zero-order valence-corrected chi connectivity index (χ0v) is 27.0. The summed E-state index contributed by atoms with van der Waals surface area (Å²) in [6.45, 7) is 1.52. The van der Waals surface area contributed by atoms with Crippen LogP contribution in [-0.2, 0) is 41.6 Å². The maximum atomic E-state index is 14.2. The summed E-state index contributed by atoms with van der Waals surface area (Å²) in [7, 11) is 0. The Bertz CT molecular complexity index is 1700. The number of carbonyl (C=O) groups is 6. The van der Waals surface area contributed by atoms with Gasteiger partial charge in [-0.25, -0.2) is 0 Å². The summed E-state index contributed by atoms with van der Waals surface area (Å²) in [5.41, 5.74) is -0.174. The van der Waals surface area contributed by atoms with Crippen molar-refractivity contribution >= 4 is 41.0 Å². The van der Waals surface area contributed by atoms with E-state index in [1.807, 2.05) is 12.1 Å². The number of piperidine rings is 1. The lowest BCUT2D eigenvalue weighted by Crippen LogP contribution is -2.66. The lowest BCUT2D eigenvalue weighted by atomic mass is 9.87. The molecule has 0 aliphatic carbocycles. The topological polar surface area (TPSA) is 176 Å². The Morgan fingerprint density at radius 2 is 1.43 bits per heavy atom. The van der Waals surface area contributed by atoms with Crippen molar-refractivity contribution in [3.05, 3.63) is 107 Å². The van der Waals surface area contributed by atoms with E-state index in [0.29, 0.717) is 11.4 Å². The third-order valence-electron chi connectivity index (χ3n) is 8.89. The van der Waals surface area contributed by atoms with E-state index in [0.717, 1.165) is 11.1 Å². The number of ketones is 1. The molecule has 2 fully saturated rings. The van der Waals surface area contributed by atoms with E-state index >= 15 is 0 Å². The van der Waals surface area contributed by atoms with Crippen LogP contribution in [0.2, 0.25) is 0 Å². The quantitative estimate of drug-likeness (QED) is 0.195. The highest BCUT2D eigenvalue weighted by Crippen LogP contribution is 2.23. The van der Waals surface area contributed by atoms with Crippen molar-refractivity contribution in [1.82, 2.24) is 26.1 Å². The van der Waals surface area contributed by atoms with Gasteiger partial charge >= 0.3 is 11.2 Å². The van der Waals surface area contributed by atoms with Gasteiger partial charge in [0, 0.05) is 37.2 Å². The van der Waals surface area contributed by atoms with Crippen LogP contribution < -0.4 is 26.2 Å². The molecule has 0 spiro atoms. The summed E-state index contributed by atoms with van der Waals surface area (Å²) >= 11 is 0. The fourth-order valence-electron chi connectivity index (χ4n) is 6.18. The molecule has 13 nitrogen and oxygen atoms in total. The number of rotatable bonds is 12. The molecule has 2 aliphatic rings. The molecule has 3 N–H and O–H groups in total.